The van der Waals surface area contributed by atoms with Gasteiger partial charge < -0.3 is 5.32 Å². The summed E-state index contributed by atoms with van der Waals surface area (Å²) in [6.07, 6.45) is 7.46. The van der Waals surface area contributed by atoms with Crippen molar-refractivity contribution in [2.75, 3.05) is 13.1 Å². The van der Waals surface area contributed by atoms with Gasteiger partial charge in [0.05, 0.1) is 5.69 Å². The SMILES string of the molecule is CCC1CCCN(Cc2ccc(CNC(C)C)cn2)CC1. The van der Waals surface area contributed by atoms with Gasteiger partial charge in [0.15, 0.2) is 0 Å². The largest absolute Gasteiger partial charge is 0.310 e. The smallest absolute Gasteiger partial charge is 0.0544 e. The zero-order valence-corrected chi connectivity index (χ0v) is 13.9. The summed E-state index contributed by atoms with van der Waals surface area (Å²) in [5.41, 5.74) is 2.48. The van der Waals surface area contributed by atoms with Crippen LogP contribution in [0.2, 0.25) is 0 Å². The lowest BCUT2D eigenvalue weighted by molar-refractivity contribution is 0.269. The molecule has 1 aromatic rings. The fourth-order valence-electron chi connectivity index (χ4n) is 3.00. The van der Waals surface area contributed by atoms with E-state index >= 15 is 0 Å². The maximum absolute atomic E-state index is 4.64. The van der Waals surface area contributed by atoms with Crippen LogP contribution in [0.3, 0.4) is 0 Å². The minimum atomic E-state index is 0.522. The van der Waals surface area contributed by atoms with Crippen molar-refractivity contribution in [2.24, 2.45) is 5.92 Å². The molecule has 21 heavy (non-hydrogen) atoms. The highest BCUT2D eigenvalue weighted by Gasteiger charge is 2.15. The van der Waals surface area contributed by atoms with E-state index < -0.39 is 0 Å². The van der Waals surface area contributed by atoms with Crippen molar-refractivity contribution in [2.45, 2.75) is 65.6 Å². The Kier molecular flexibility index (Phi) is 6.65. The van der Waals surface area contributed by atoms with Crippen molar-refractivity contribution in [3.63, 3.8) is 0 Å². The van der Waals surface area contributed by atoms with Crippen LogP contribution in [0.25, 0.3) is 0 Å². The molecule has 1 aliphatic rings. The monoisotopic (exact) mass is 289 g/mol. The molecule has 1 aliphatic heterocycles. The van der Waals surface area contributed by atoms with E-state index in [0.29, 0.717) is 6.04 Å². The molecule has 0 aliphatic carbocycles. The Hall–Kier alpha value is -0.930. The molecule has 0 amide bonds. The summed E-state index contributed by atoms with van der Waals surface area (Å²) < 4.78 is 0. The Morgan fingerprint density at radius 3 is 2.81 bits per heavy atom. The van der Waals surface area contributed by atoms with Crippen molar-refractivity contribution < 1.29 is 0 Å². The average Bonchev–Trinajstić information content (AvgIpc) is 2.71. The fraction of sp³-hybridized carbons (Fsp3) is 0.722. The standard InChI is InChI=1S/C18H31N3/c1-4-16-6-5-10-21(11-9-16)14-18-8-7-17(13-20-18)12-19-15(2)3/h7-8,13,15-16,19H,4-6,9-12,14H2,1-3H3. The van der Waals surface area contributed by atoms with Crippen molar-refractivity contribution in [3.8, 4) is 0 Å². The molecule has 0 aromatic carbocycles. The van der Waals surface area contributed by atoms with Crippen LogP contribution in [-0.2, 0) is 13.1 Å². The van der Waals surface area contributed by atoms with Crippen LogP contribution in [0.15, 0.2) is 18.3 Å². The van der Waals surface area contributed by atoms with Gasteiger partial charge >= 0.3 is 0 Å². The van der Waals surface area contributed by atoms with E-state index in [1.807, 2.05) is 6.20 Å². The Morgan fingerprint density at radius 1 is 1.29 bits per heavy atom. The summed E-state index contributed by atoms with van der Waals surface area (Å²) in [5.74, 6) is 0.937. The van der Waals surface area contributed by atoms with E-state index in [9.17, 15) is 0 Å². The first kappa shape index (κ1) is 16.4. The van der Waals surface area contributed by atoms with E-state index in [0.717, 1.165) is 19.0 Å². The number of nitrogens with one attached hydrogen (secondary N) is 1. The summed E-state index contributed by atoms with van der Waals surface area (Å²) in [4.78, 5) is 7.21. The number of hydrogen-bond donors (Lipinski definition) is 1. The highest BCUT2D eigenvalue weighted by atomic mass is 15.1. The Labute approximate surface area is 130 Å². The van der Waals surface area contributed by atoms with Gasteiger partial charge in [0.25, 0.3) is 0 Å². The van der Waals surface area contributed by atoms with Crippen LogP contribution in [0.4, 0.5) is 0 Å². The number of pyridine rings is 1. The van der Waals surface area contributed by atoms with E-state index in [1.54, 1.807) is 0 Å². The van der Waals surface area contributed by atoms with Crippen molar-refractivity contribution in [1.82, 2.24) is 15.2 Å². The Balaban J connectivity index is 1.82. The van der Waals surface area contributed by atoms with Crippen LogP contribution < -0.4 is 5.32 Å². The number of aromatic nitrogens is 1. The maximum Gasteiger partial charge on any atom is 0.0544 e. The van der Waals surface area contributed by atoms with Gasteiger partial charge in [-0.1, -0.05) is 33.3 Å². The van der Waals surface area contributed by atoms with E-state index in [4.69, 9.17) is 0 Å². The van der Waals surface area contributed by atoms with E-state index in [-0.39, 0.29) is 0 Å². The number of likely N-dealkylation sites (tertiary alicyclic amines) is 1. The zero-order valence-electron chi connectivity index (χ0n) is 13.9. The molecule has 1 fully saturated rings. The Morgan fingerprint density at radius 2 is 2.14 bits per heavy atom. The van der Waals surface area contributed by atoms with Gasteiger partial charge in [-0.05, 0) is 49.9 Å². The highest BCUT2D eigenvalue weighted by molar-refractivity contribution is 5.14. The van der Waals surface area contributed by atoms with Gasteiger partial charge in [0, 0.05) is 25.3 Å². The second-order valence-electron chi connectivity index (χ2n) is 6.67. The van der Waals surface area contributed by atoms with Gasteiger partial charge in [-0.25, -0.2) is 0 Å². The highest BCUT2D eigenvalue weighted by Crippen LogP contribution is 2.21. The van der Waals surface area contributed by atoms with Crippen LogP contribution in [-0.4, -0.2) is 29.0 Å². The van der Waals surface area contributed by atoms with E-state index in [1.165, 1.54) is 50.0 Å². The molecule has 2 heterocycles. The maximum atomic E-state index is 4.64. The molecule has 0 bridgehead atoms. The van der Waals surface area contributed by atoms with Crippen LogP contribution >= 0.6 is 0 Å². The van der Waals surface area contributed by atoms with Gasteiger partial charge in [-0.15, -0.1) is 0 Å². The minimum absolute atomic E-state index is 0.522. The summed E-state index contributed by atoms with van der Waals surface area (Å²) in [7, 11) is 0. The average molecular weight is 289 g/mol. The van der Waals surface area contributed by atoms with Crippen molar-refractivity contribution >= 4 is 0 Å². The zero-order chi connectivity index (χ0) is 15.1. The lowest BCUT2D eigenvalue weighted by Gasteiger charge is -2.19. The summed E-state index contributed by atoms with van der Waals surface area (Å²) in [6.45, 7) is 11.0. The number of nitrogens with zero attached hydrogens (tertiary/aromatic N) is 2. The third-order valence-electron chi connectivity index (χ3n) is 4.50. The molecule has 1 N–H and O–H groups in total. The molecule has 118 valence electrons. The number of hydrogen-bond acceptors (Lipinski definition) is 3. The predicted molar refractivity (Wildman–Crippen MR) is 89.1 cm³/mol. The first-order valence-electron chi connectivity index (χ1n) is 8.57. The van der Waals surface area contributed by atoms with Gasteiger partial charge in [0.1, 0.15) is 0 Å². The predicted octanol–water partition coefficient (Wildman–Crippen LogP) is 3.59. The second kappa shape index (κ2) is 8.50. The second-order valence-corrected chi connectivity index (χ2v) is 6.67. The third kappa shape index (κ3) is 5.76. The van der Waals surface area contributed by atoms with Gasteiger partial charge in [0.2, 0.25) is 0 Å². The topological polar surface area (TPSA) is 28.2 Å². The van der Waals surface area contributed by atoms with Crippen LogP contribution in [0, 0.1) is 5.92 Å². The summed E-state index contributed by atoms with van der Waals surface area (Å²) in [6, 6.07) is 4.93. The molecule has 3 nitrogen and oxygen atoms in total. The Bertz CT molecular complexity index is 399. The van der Waals surface area contributed by atoms with Crippen LogP contribution in [0.5, 0.6) is 0 Å². The quantitative estimate of drug-likeness (QED) is 0.867. The van der Waals surface area contributed by atoms with Gasteiger partial charge in [-0.3, -0.25) is 9.88 Å². The summed E-state index contributed by atoms with van der Waals surface area (Å²) in [5, 5.41) is 3.43. The normalized spacial score (nSPS) is 20.7. The van der Waals surface area contributed by atoms with E-state index in [2.05, 4.69) is 48.1 Å². The lowest BCUT2D eigenvalue weighted by atomic mass is 9.98. The molecule has 1 unspecified atom stereocenters. The lowest BCUT2D eigenvalue weighted by Crippen LogP contribution is -2.25. The molecular weight excluding hydrogens is 258 g/mol. The molecule has 2 rings (SSSR count). The molecule has 0 saturated carbocycles. The molecular formula is C18H31N3. The summed E-state index contributed by atoms with van der Waals surface area (Å²) >= 11 is 0. The van der Waals surface area contributed by atoms with Crippen LogP contribution in [0.1, 0.15) is 57.7 Å². The fourth-order valence-corrected chi connectivity index (χ4v) is 3.00. The van der Waals surface area contributed by atoms with Gasteiger partial charge in [-0.2, -0.15) is 0 Å². The molecule has 1 atom stereocenters. The molecule has 0 spiro atoms. The first-order chi connectivity index (χ1) is 10.2. The first-order valence-corrected chi connectivity index (χ1v) is 8.57. The molecule has 1 saturated heterocycles. The van der Waals surface area contributed by atoms with Crippen molar-refractivity contribution in [1.29, 1.82) is 0 Å². The number of rotatable bonds is 6. The molecule has 1 aromatic heterocycles. The molecule has 3 heteroatoms. The molecule has 0 radical (unpaired) electrons. The van der Waals surface area contributed by atoms with Crippen molar-refractivity contribution in [3.05, 3.63) is 29.6 Å². The third-order valence-corrected chi connectivity index (χ3v) is 4.50. The minimum Gasteiger partial charge on any atom is -0.310 e.